The highest BCUT2D eigenvalue weighted by molar-refractivity contribution is 7.13. The highest BCUT2D eigenvalue weighted by Gasteiger charge is 2.17. The van der Waals surface area contributed by atoms with E-state index >= 15 is 0 Å². The van der Waals surface area contributed by atoms with Crippen LogP contribution in [0.25, 0.3) is 0 Å². The Balaban J connectivity index is 1.65. The van der Waals surface area contributed by atoms with Gasteiger partial charge in [-0.1, -0.05) is 29.5 Å². The summed E-state index contributed by atoms with van der Waals surface area (Å²) in [6, 6.07) is 7.45. The SMILES string of the molecule is O=C(Nc1nncs1)c1ccccc1COC1CCOCC1. The van der Waals surface area contributed by atoms with E-state index in [0.29, 0.717) is 17.3 Å². The summed E-state index contributed by atoms with van der Waals surface area (Å²) in [7, 11) is 0. The second-order valence-electron chi connectivity index (χ2n) is 4.98. The van der Waals surface area contributed by atoms with E-state index in [1.807, 2.05) is 18.2 Å². The molecule has 0 saturated carbocycles. The summed E-state index contributed by atoms with van der Waals surface area (Å²) in [5.41, 5.74) is 3.05. The van der Waals surface area contributed by atoms with Crippen LogP contribution in [0.1, 0.15) is 28.8 Å². The molecule has 2 aromatic rings. The molecule has 1 aliphatic rings. The molecule has 1 saturated heterocycles. The highest BCUT2D eigenvalue weighted by Crippen LogP contribution is 2.17. The Morgan fingerprint density at radius 1 is 1.36 bits per heavy atom. The van der Waals surface area contributed by atoms with E-state index in [4.69, 9.17) is 9.47 Å². The zero-order valence-corrected chi connectivity index (χ0v) is 12.8. The first-order valence-electron chi connectivity index (χ1n) is 7.17. The van der Waals surface area contributed by atoms with Crippen LogP contribution in [0.4, 0.5) is 5.13 Å². The number of carbonyl (C=O) groups excluding carboxylic acids is 1. The topological polar surface area (TPSA) is 73.3 Å². The number of nitrogens with zero attached hydrogens (tertiary/aromatic N) is 2. The lowest BCUT2D eigenvalue weighted by atomic mass is 10.1. The second-order valence-corrected chi connectivity index (χ2v) is 5.81. The average molecular weight is 319 g/mol. The Morgan fingerprint density at radius 2 is 2.18 bits per heavy atom. The quantitative estimate of drug-likeness (QED) is 0.916. The number of rotatable bonds is 5. The molecular formula is C15H17N3O3S. The molecule has 1 fully saturated rings. The number of anilines is 1. The fraction of sp³-hybridized carbons (Fsp3) is 0.400. The summed E-state index contributed by atoms with van der Waals surface area (Å²) >= 11 is 1.29. The van der Waals surface area contributed by atoms with Crippen LogP contribution < -0.4 is 5.32 Å². The molecule has 0 spiro atoms. The minimum absolute atomic E-state index is 0.192. The second kappa shape index (κ2) is 7.44. The maximum atomic E-state index is 12.3. The Morgan fingerprint density at radius 3 is 2.95 bits per heavy atom. The number of ether oxygens (including phenoxy) is 2. The first-order chi connectivity index (χ1) is 10.8. The molecule has 3 rings (SSSR count). The molecular weight excluding hydrogens is 302 g/mol. The standard InChI is InChI=1S/C15H17N3O3S/c19-14(17-15-18-16-10-22-15)13-4-2-1-3-11(13)9-21-12-5-7-20-8-6-12/h1-4,10,12H,5-9H2,(H,17,18,19). The zero-order chi connectivity index (χ0) is 15.2. The smallest absolute Gasteiger partial charge is 0.257 e. The van der Waals surface area contributed by atoms with Gasteiger partial charge in [0.2, 0.25) is 5.13 Å². The molecule has 6 nitrogen and oxygen atoms in total. The number of nitrogens with one attached hydrogen (secondary N) is 1. The van der Waals surface area contributed by atoms with Crippen molar-refractivity contribution in [3.05, 3.63) is 40.9 Å². The van der Waals surface area contributed by atoms with Crippen LogP contribution in [0.5, 0.6) is 0 Å². The summed E-state index contributed by atoms with van der Waals surface area (Å²) in [5.74, 6) is -0.192. The van der Waals surface area contributed by atoms with Gasteiger partial charge in [0.25, 0.3) is 5.91 Å². The van der Waals surface area contributed by atoms with Crippen molar-refractivity contribution in [2.24, 2.45) is 0 Å². The Labute approximate surface area is 132 Å². The largest absolute Gasteiger partial charge is 0.381 e. The molecule has 0 radical (unpaired) electrons. The fourth-order valence-corrected chi connectivity index (χ4v) is 2.75. The van der Waals surface area contributed by atoms with Crippen molar-refractivity contribution in [1.29, 1.82) is 0 Å². The minimum atomic E-state index is -0.192. The lowest BCUT2D eigenvalue weighted by Gasteiger charge is -2.22. The van der Waals surface area contributed by atoms with Gasteiger partial charge in [-0.3, -0.25) is 10.1 Å². The highest BCUT2D eigenvalue weighted by atomic mass is 32.1. The molecule has 1 aromatic carbocycles. The minimum Gasteiger partial charge on any atom is -0.381 e. The van der Waals surface area contributed by atoms with E-state index in [-0.39, 0.29) is 12.0 Å². The summed E-state index contributed by atoms with van der Waals surface area (Å²) in [5, 5.41) is 10.8. The molecule has 1 N–H and O–H groups in total. The molecule has 0 aliphatic carbocycles. The van der Waals surface area contributed by atoms with Crippen molar-refractivity contribution in [3.8, 4) is 0 Å². The van der Waals surface area contributed by atoms with Crippen molar-refractivity contribution in [2.45, 2.75) is 25.6 Å². The van der Waals surface area contributed by atoms with E-state index in [9.17, 15) is 4.79 Å². The predicted octanol–water partition coefficient (Wildman–Crippen LogP) is 2.49. The van der Waals surface area contributed by atoms with Crippen LogP contribution in [-0.4, -0.2) is 35.4 Å². The van der Waals surface area contributed by atoms with Gasteiger partial charge in [-0.15, -0.1) is 10.2 Å². The van der Waals surface area contributed by atoms with Gasteiger partial charge >= 0.3 is 0 Å². The monoisotopic (exact) mass is 319 g/mol. The van der Waals surface area contributed by atoms with Crippen LogP contribution in [0.3, 0.4) is 0 Å². The molecule has 1 aliphatic heterocycles. The van der Waals surface area contributed by atoms with Gasteiger partial charge in [0.1, 0.15) is 5.51 Å². The molecule has 0 atom stereocenters. The molecule has 116 valence electrons. The number of hydrogen-bond donors (Lipinski definition) is 1. The van der Waals surface area contributed by atoms with Crippen LogP contribution in [-0.2, 0) is 16.1 Å². The Hall–Kier alpha value is -1.83. The van der Waals surface area contributed by atoms with Gasteiger partial charge in [-0.05, 0) is 24.5 Å². The van der Waals surface area contributed by atoms with Gasteiger partial charge in [0.05, 0.1) is 12.7 Å². The van der Waals surface area contributed by atoms with E-state index in [1.165, 1.54) is 11.3 Å². The van der Waals surface area contributed by atoms with Crippen molar-refractivity contribution in [1.82, 2.24) is 10.2 Å². The van der Waals surface area contributed by atoms with Crippen molar-refractivity contribution in [2.75, 3.05) is 18.5 Å². The number of amides is 1. The third-order valence-corrected chi connectivity index (χ3v) is 4.09. The van der Waals surface area contributed by atoms with Crippen molar-refractivity contribution < 1.29 is 14.3 Å². The Kier molecular flexibility index (Phi) is 5.10. The molecule has 22 heavy (non-hydrogen) atoms. The van der Waals surface area contributed by atoms with Gasteiger partial charge in [-0.25, -0.2) is 0 Å². The maximum Gasteiger partial charge on any atom is 0.257 e. The van der Waals surface area contributed by atoms with E-state index in [2.05, 4.69) is 15.5 Å². The van der Waals surface area contributed by atoms with Crippen LogP contribution >= 0.6 is 11.3 Å². The molecule has 1 aromatic heterocycles. The zero-order valence-electron chi connectivity index (χ0n) is 12.0. The molecule has 7 heteroatoms. The molecule has 1 amide bonds. The molecule has 0 unspecified atom stereocenters. The van der Waals surface area contributed by atoms with Crippen molar-refractivity contribution in [3.63, 3.8) is 0 Å². The van der Waals surface area contributed by atoms with Gasteiger partial charge < -0.3 is 9.47 Å². The normalized spacial score (nSPS) is 15.6. The summed E-state index contributed by atoms with van der Waals surface area (Å²) in [6.07, 6.45) is 2.01. The lowest BCUT2D eigenvalue weighted by molar-refractivity contribution is -0.0391. The first kappa shape index (κ1) is 15.1. The number of aromatic nitrogens is 2. The van der Waals surface area contributed by atoms with Gasteiger partial charge in [0, 0.05) is 18.8 Å². The Bertz CT molecular complexity index is 612. The van der Waals surface area contributed by atoms with E-state index in [0.717, 1.165) is 31.6 Å². The number of carbonyl (C=O) groups is 1. The number of hydrogen-bond acceptors (Lipinski definition) is 6. The summed E-state index contributed by atoms with van der Waals surface area (Å²) in [4.78, 5) is 12.3. The summed E-state index contributed by atoms with van der Waals surface area (Å²) < 4.78 is 11.2. The third-order valence-electron chi connectivity index (χ3n) is 3.49. The maximum absolute atomic E-state index is 12.3. The fourth-order valence-electron chi connectivity index (χ4n) is 2.31. The van der Waals surface area contributed by atoms with Crippen LogP contribution in [0.2, 0.25) is 0 Å². The van der Waals surface area contributed by atoms with Gasteiger partial charge in [-0.2, -0.15) is 0 Å². The third kappa shape index (κ3) is 3.88. The molecule has 2 heterocycles. The lowest BCUT2D eigenvalue weighted by Crippen LogP contribution is -2.24. The van der Waals surface area contributed by atoms with Crippen LogP contribution in [0, 0.1) is 0 Å². The van der Waals surface area contributed by atoms with E-state index < -0.39 is 0 Å². The van der Waals surface area contributed by atoms with Crippen LogP contribution in [0.15, 0.2) is 29.8 Å². The summed E-state index contributed by atoms with van der Waals surface area (Å²) in [6.45, 7) is 1.90. The predicted molar refractivity (Wildman–Crippen MR) is 82.9 cm³/mol. The van der Waals surface area contributed by atoms with Gasteiger partial charge in [0.15, 0.2) is 0 Å². The average Bonchev–Trinajstić information content (AvgIpc) is 3.07. The van der Waals surface area contributed by atoms with E-state index in [1.54, 1.807) is 11.6 Å². The first-order valence-corrected chi connectivity index (χ1v) is 8.05. The van der Waals surface area contributed by atoms with Crippen molar-refractivity contribution >= 4 is 22.4 Å². The number of benzene rings is 1. The molecule has 0 bridgehead atoms.